The van der Waals surface area contributed by atoms with Crippen molar-refractivity contribution in [2.45, 2.75) is 0 Å². The zero-order valence-electron chi connectivity index (χ0n) is 11.5. The van der Waals surface area contributed by atoms with Crippen LogP contribution >= 0.6 is 11.8 Å². The van der Waals surface area contributed by atoms with Gasteiger partial charge in [0.1, 0.15) is 12.3 Å². The van der Waals surface area contributed by atoms with E-state index in [4.69, 9.17) is 4.74 Å². The van der Waals surface area contributed by atoms with Gasteiger partial charge in [-0.15, -0.1) is 0 Å². The summed E-state index contributed by atoms with van der Waals surface area (Å²) >= 11 is 0.793. The third kappa shape index (κ3) is 3.43. The van der Waals surface area contributed by atoms with Crippen LogP contribution in [0.15, 0.2) is 29.2 Å². The van der Waals surface area contributed by atoms with Gasteiger partial charge in [0.15, 0.2) is 0 Å². The van der Waals surface area contributed by atoms with E-state index < -0.39 is 17.1 Å². The normalized spacial score (nSPS) is 16.5. The number of carbonyl (C=O) groups is 3. The van der Waals surface area contributed by atoms with Gasteiger partial charge in [0.25, 0.3) is 11.1 Å². The molecule has 0 bridgehead atoms. The molecule has 0 aromatic heterocycles. The number of carbonyl (C=O) groups excluding carboxylic acids is 3. The predicted octanol–water partition coefficient (Wildman–Crippen LogP) is 1.90. The Hall–Kier alpha value is -2.28. The maximum atomic E-state index is 12.1. The number of thioether (sulfide) groups is 1. The second-order valence-corrected chi connectivity index (χ2v) is 5.11. The van der Waals surface area contributed by atoms with Crippen LogP contribution in [0.5, 0.6) is 5.75 Å². The summed E-state index contributed by atoms with van der Waals surface area (Å²) in [6.45, 7) is -0.378. The van der Waals surface area contributed by atoms with Crippen molar-refractivity contribution in [2.75, 3.05) is 20.8 Å². The Morgan fingerprint density at radius 3 is 2.76 bits per heavy atom. The lowest BCUT2D eigenvalue weighted by molar-refractivity contribution is -0.143. The van der Waals surface area contributed by atoms with Crippen LogP contribution in [0, 0.1) is 0 Å². The second-order valence-electron chi connectivity index (χ2n) is 4.12. The van der Waals surface area contributed by atoms with Crippen LogP contribution in [0.25, 0.3) is 6.08 Å². The number of esters is 1. The number of imide groups is 1. The molecule has 0 unspecified atom stereocenters. The standard InChI is InChI=1S/C14H13NO5S/c1-19-10-5-3-4-9(6-10)7-11-13(17)15(14(18)21-11)8-12(16)20-2/h3-7H,8H2,1-2H3/b11-7+. The van der Waals surface area contributed by atoms with Crippen molar-refractivity contribution >= 4 is 35.0 Å². The SMILES string of the molecule is COC(=O)CN1C(=O)S/C(=C/c2cccc(OC)c2)C1=O. The van der Waals surface area contributed by atoms with Crippen molar-refractivity contribution < 1.29 is 23.9 Å². The summed E-state index contributed by atoms with van der Waals surface area (Å²) < 4.78 is 9.56. The topological polar surface area (TPSA) is 72.9 Å². The Morgan fingerprint density at radius 1 is 1.33 bits per heavy atom. The number of ether oxygens (including phenoxy) is 2. The fourth-order valence-electron chi connectivity index (χ4n) is 1.71. The first kappa shape index (κ1) is 15.1. The molecule has 1 saturated heterocycles. The van der Waals surface area contributed by atoms with E-state index >= 15 is 0 Å². The zero-order chi connectivity index (χ0) is 15.4. The molecule has 1 aliphatic rings. The first-order valence-corrected chi connectivity index (χ1v) is 6.83. The van der Waals surface area contributed by atoms with E-state index in [9.17, 15) is 14.4 Å². The molecular formula is C14H13NO5S. The molecule has 6 nitrogen and oxygen atoms in total. The van der Waals surface area contributed by atoms with Crippen molar-refractivity contribution in [3.8, 4) is 5.75 Å². The Labute approximate surface area is 125 Å². The van der Waals surface area contributed by atoms with Gasteiger partial charge in [-0.2, -0.15) is 0 Å². The number of hydrogen-bond acceptors (Lipinski definition) is 6. The van der Waals surface area contributed by atoms with Crippen LogP contribution in [0.4, 0.5) is 4.79 Å². The van der Waals surface area contributed by atoms with Gasteiger partial charge in [-0.1, -0.05) is 12.1 Å². The Bertz CT molecular complexity index is 626. The van der Waals surface area contributed by atoms with E-state index in [-0.39, 0.29) is 11.4 Å². The minimum absolute atomic E-state index is 0.261. The van der Waals surface area contributed by atoms with Crippen molar-refractivity contribution in [2.24, 2.45) is 0 Å². The van der Waals surface area contributed by atoms with Gasteiger partial charge in [0, 0.05) is 0 Å². The third-order valence-corrected chi connectivity index (χ3v) is 3.69. The number of rotatable bonds is 4. The van der Waals surface area contributed by atoms with Gasteiger partial charge in [-0.3, -0.25) is 19.3 Å². The van der Waals surface area contributed by atoms with Gasteiger partial charge in [-0.05, 0) is 35.5 Å². The highest BCUT2D eigenvalue weighted by Crippen LogP contribution is 2.32. The predicted molar refractivity (Wildman–Crippen MR) is 77.7 cm³/mol. The molecule has 1 aliphatic heterocycles. The van der Waals surface area contributed by atoms with Crippen LogP contribution in [0.2, 0.25) is 0 Å². The van der Waals surface area contributed by atoms with Crippen LogP contribution in [-0.4, -0.2) is 42.8 Å². The minimum Gasteiger partial charge on any atom is -0.497 e. The summed E-state index contributed by atoms with van der Waals surface area (Å²) in [5, 5.41) is -0.487. The van der Waals surface area contributed by atoms with E-state index in [1.165, 1.54) is 7.11 Å². The van der Waals surface area contributed by atoms with Crippen LogP contribution in [0.1, 0.15) is 5.56 Å². The van der Waals surface area contributed by atoms with E-state index in [1.807, 2.05) is 0 Å². The summed E-state index contributed by atoms with van der Waals surface area (Å²) in [6.07, 6.45) is 1.59. The van der Waals surface area contributed by atoms with Crippen molar-refractivity contribution in [3.63, 3.8) is 0 Å². The summed E-state index contributed by atoms with van der Waals surface area (Å²) in [5.41, 5.74) is 0.734. The molecular weight excluding hydrogens is 294 g/mol. The molecule has 0 radical (unpaired) electrons. The number of amides is 2. The minimum atomic E-state index is -0.639. The summed E-state index contributed by atoms with van der Waals surface area (Å²) in [7, 11) is 2.75. The number of nitrogens with zero attached hydrogens (tertiary/aromatic N) is 1. The highest BCUT2D eigenvalue weighted by Gasteiger charge is 2.36. The average molecular weight is 307 g/mol. The second kappa shape index (κ2) is 6.45. The molecule has 1 fully saturated rings. The number of methoxy groups -OCH3 is 2. The lowest BCUT2D eigenvalue weighted by Crippen LogP contribution is -2.34. The van der Waals surface area contributed by atoms with Gasteiger partial charge in [0.2, 0.25) is 0 Å². The molecule has 1 heterocycles. The van der Waals surface area contributed by atoms with Crippen molar-refractivity contribution in [1.82, 2.24) is 4.90 Å². The van der Waals surface area contributed by atoms with Crippen molar-refractivity contribution in [1.29, 1.82) is 0 Å². The molecule has 1 aromatic carbocycles. The summed E-state index contributed by atoms with van der Waals surface area (Å²) in [6, 6.07) is 7.09. The Morgan fingerprint density at radius 2 is 2.10 bits per heavy atom. The summed E-state index contributed by atoms with van der Waals surface area (Å²) in [4.78, 5) is 36.2. The van der Waals surface area contributed by atoms with Gasteiger partial charge < -0.3 is 9.47 Å². The quantitative estimate of drug-likeness (QED) is 0.625. The highest BCUT2D eigenvalue weighted by molar-refractivity contribution is 8.18. The lowest BCUT2D eigenvalue weighted by Gasteiger charge is -2.09. The highest BCUT2D eigenvalue weighted by atomic mass is 32.2. The fraction of sp³-hybridized carbons (Fsp3) is 0.214. The van der Waals surface area contributed by atoms with E-state index in [0.29, 0.717) is 5.75 Å². The zero-order valence-corrected chi connectivity index (χ0v) is 12.3. The number of hydrogen-bond donors (Lipinski definition) is 0. The maximum absolute atomic E-state index is 12.1. The molecule has 1 aromatic rings. The molecule has 110 valence electrons. The van der Waals surface area contributed by atoms with Crippen LogP contribution in [-0.2, 0) is 14.3 Å². The van der Waals surface area contributed by atoms with Crippen LogP contribution < -0.4 is 4.74 Å². The fourth-order valence-corrected chi connectivity index (χ4v) is 2.55. The molecule has 21 heavy (non-hydrogen) atoms. The number of benzene rings is 1. The third-order valence-electron chi connectivity index (χ3n) is 2.78. The first-order valence-electron chi connectivity index (χ1n) is 6.01. The molecule has 0 aliphatic carbocycles. The molecule has 2 amide bonds. The molecule has 2 rings (SSSR count). The monoisotopic (exact) mass is 307 g/mol. The smallest absolute Gasteiger partial charge is 0.325 e. The van der Waals surface area contributed by atoms with Gasteiger partial charge in [-0.25, -0.2) is 0 Å². The van der Waals surface area contributed by atoms with Gasteiger partial charge >= 0.3 is 5.97 Å². The van der Waals surface area contributed by atoms with E-state index in [2.05, 4.69) is 4.74 Å². The van der Waals surface area contributed by atoms with Gasteiger partial charge in [0.05, 0.1) is 19.1 Å². The molecule has 0 spiro atoms. The van der Waals surface area contributed by atoms with Crippen molar-refractivity contribution in [3.05, 3.63) is 34.7 Å². The molecule has 0 saturated carbocycles. The Balaban J connectivity index is 2.21. The summed E-state index contributed by atoms with van der Waals surface area (Å²) in [5.74, 6) is -0.490. The van der Waals surface area contributed by atoms with E-state index in [0.717, 1.165) is 22.2 Å². The Kier molecular flexibility index (Phi) is 4.64. The molecule has 0 atom stereocenters. The van der Waals surface area contributed by atoms with E-state index in [1.54, 1.807) is 37.5 Å². The maximum Gasteiger partial charge on any atom is 0.325 e. The average Bonchev–Trinajstić information content (AvgIpc) is 2.75. The molecule has 7 heteroatoms. The largest absolute Gasteiger partial charge is 0.497 e. The van der Waals surface area contributed by atoms with Crippen LogP contribution in [0.3, 0.4) is 0 Å². The molecule has 0 N–H and O–H groups in total. The lowest BCUT2D eigenvalue weighted by atomic mass is 10.2. The first-order chi connectivity index (χ1) is 10.0.